The van der Waals surface area contributed by atoms with Crippen molar-refractivity contribution in [3.05, 3.63) is 95.8 Å². The lowest BCUT2D eigenvalue weighted by atomic mass is 10.2. The topological polar surface area (TPSA) is 116 Å². The van der Waals surface area contributed by atoms with E-state index in [1.54, 1.807) is 53.3 Å². The fraction of sp³-hybridized carbons (Fsp3) is 0.214. The highest BCUT2D eigenvalue weighted by Gasteiger charge is 2.20. The molecular weight excluding hydrogens is 488 g/mol. The lowest BCUT2D eigenvalue weighted by molar-refractivity contribution is -0.138. The highest BCUT2D eigenvalue weighted by atomic mass is 16.6. The van der Waals surface area contributed by atoms with E-state index in [0.717, 1.165) is 27.5 Å². The van der Waals surface area contributed by atoms with Crippen molar-refractivity contribution < 1.29 is 28.9 Å². The molecule has 0 atom stereocenters. The zero-order valence-corrected chi connectivity index (χ0v) is 21.1. The van der Waals surface area contributed by atoms with Gasteiger partial charge >= 0.3 is 12.1 Å². The van der Waals surface area contributed by atoms with E-state index in [1.807, 2.05) is 37.3 Å². The molecule has 0 aliphatic rings. The van der Waals surface area contributed by atoms with E-state index in [2.05, 4.69) is 10.2 Å². The Balaban J connectivity index is 1.32. The van der Waals surface area contributed by atoms with Crippen LogP contribution in [0, 0.1) is 6.92 Å². The van der Waals surface area contributed by atoms with Crippen molar-refractivity contribution in [2.75, 3.05) is 20.3 Å². The Kier molecular flexibility index (Phi) is 8.55. The molecule has 0 saturated carbocycles. The van der Waals surface area contributed by atoms with E-state index in [9.17, 15) is 14.7 Å². The Morgan fingerprint density at radius 1 is 0.895 bits per heavy atom. The molecule has 1 heterocycles. The average Bonchev–Trinajstić information content (AvgIpc) is 3.30. The van der Waals surface area contributed by atoms with Gasteiger partial charge in [0.2, 0.25) is 0 Å². The molecule has 0 spiro atoms. The number of ether oxygens (including phenoxy) is 3. The summed E-state index contributed by atoms with van der Waals surface area (Å²) in [5.74, 6) is 0.403. The number of carbonyl (C=O) groups excluding carboxylic acids is 1. The highest BCUT2D eigenvalue weighted by Crippen LogP contribution is 2.19. The van der Waals surface area contributed by atoms with Crippen molar-refractivity contribution in [2.24, 2.45) is 0 Å². The molecule has 3 aromatic carbocycles. The van der Waals surface area contributed by atoms with Gasteiger partial charge in [0, 0.05) is 13.0 Å². The van der Waals surface area contributed by atoms with Crippen molar-refractivity contribution in [2.45, 2.75) is 19.9 Å². The molecule has 0 saturated heterocycles. The van der Waals surface area contributed by atoms with Crippen LogP contribution in [0.2, 0.25) is 0 Å². The molecule has 4 rings (SSSR count). The molecule has 10 nitrogen and oxygen atoms in total. The van der Waals surface area contributed by atoms with Crippen LogP contribution in [0.5, 0.6) is 17.2 Å². The molecule has 1 aromatic heterocycles. The zero-order valence-electron chi connectivity index (χ0n) is 21.1. The maximum absolute atomic E-state index is 12.6. The number of amides is 1. The quantitative estimate of drug-likeness (QED) is 0.314. The van der Waals surface area contributed by atoms with E-state index in [4.69, 9.17) is 14.2 Å². The van der Waals surface area contributed by atoms with E-state index in [0.29, 0.717) is 24.5 Å². The van der Waals surface area contributed by atoms with Crippen LogP contribution in [-0.2, 0) is 17.8 Å². The summed E-state index contributed by atoms with van der Waals surface area (Å²) in [4.78, 5) is 26.7. The number of carboxylic acid groups (broad SMARTS) is 1. The number of hydrogen-bond donors (Lipinski definition) is 1. The largest absolute Gasteiger partial charge is 0.497 e. The van der Waals surface area contributed by atoms with E-state index >= 15 is 0 Å². The van der Waals surface area contributed by atoms with Crippen LogP contribution in [-0.4, -0.2) is 57.3 Å². The number of para-hydroxylation sites is 1. The number of aryl methyl sites for hydroxylation is 1. The molecular formula is C28H28N4O6. The van der Waals surface area contributed by atoms with Crippen molar-refractivity contribution in [3.8, 4) is 22.9 Å². The smallest absolute Gasteiger partial charge is 0.416 e. The number of hydrogen-bond acceptors (Lipinski definition) is 7. The van der Waals surface area contributed by atoms with Crippen LogP contribution in [0.15, 0.2) is 78.9 Å². The summed E-state index contributed by atoms with van der Waals surface area (Å²) in [6, 6.07) is 23.3. The third-order valence-corrected chi connectivity index (χ3v) is 5.62. The molecule has 0 aliphatic carbocycles. The van der Waals surface area contributed by atoms with Gasteiger partial charge in [-0.15, -0.1) is 0 Å². The normalized spacial score (nSPS) is 10.6. The predicted molar refractivity (Wildman–Crippen MR) is 139 cm³/mol. The summed E-state index contributed by atoms with van der Waals surface area (Å²) in [6.45, 7) is 1.88. The molecule has 1 N–H and O–H groups in total. The number of benzene rings is 3. The number of rotatable bonds is 11. The van der Waals surface area contributed by atoms with Gasteiger partial charge in [-0.25, -0.2) is 4.79 Å². The molecule has 10 heteroatoms. The Morgan fingerprint density at radius 3 is 2.21 bits per heavy atom. The van der Waals surface area contributed by atoms with Crippen LogP contribution in [0.4, 0.5) is 4.79 Å². The number of aromatic nitrogens is 3. The molecule has 4 aromatic rings. The fourth-order valence-electron chi connectivity index (χ4n) is 3.65. The van der Waals surface area contributed by atoms with Crippen molar-refractivity contribution in [3.63, 3.8) is 0 Å². The second kappa shape index (κ2) is 12.4. The number of methoxy groups -OCH3 is 1. The molecule has 0 unspecified atom stereocenters. The number of nitrogens with zero attached hydrogens (tertiary/aromatic N) is 4. The molecule has 196 valence electrons. The van der Waals surface area contributed by atoms with Crippen molar-refractivity contribution in [1.82, 2.24) is 19.9 Å². The number of carbonyl (C=O) groups is 2. The van der Waals surface area contributed by atoms with Gasteiger partial charge in [0.25, 0.3) is 0 Å². The maximum atomic E-state index is 12.6. The van der Waals surface area contributed by atoms with Crippen LogP contribution < -0.4 is 14.2 Å². The van der Waals surface area contributed by atoms with Crippen molar-refractivity contribution >= 4 is 12.1 Å². The molecule has 0 bridgehead atoms. The standard InChI is InChI=1S/C28H28N4O6/c1-20-26(30-32(29-20)22-6-4-3-5-7-22)16-17-37-24-10-8-21(9-11-24)18-31(19-27(33)34)28(35)38-25-14-12-23(36-2)13-15-25/h3-15H,16-19H2,1-2H3,(H,33,34). The monoisotopic (exact) mass is 516 g/mol. The first-order chi connectivity index (χ1) is 18.4. The summed E-state index contributed by atoms with van der Waals surface area (Å²) < 4.78 is 16.3. The van der Waals surface area contributed by atoms with E-state index < -0.39 is 18.6 Å². The first-order valence-electron chi connectivity index (χ1n) is 11.9. The van der Waals surface area contributed by atoms with Gasteiger partial charge in [-0.1, -0.05) is 30.3 Å². The minimum absolute atomic E-state index is 0.0589. The summed E-state index contributed by atoms with van der Waals surface area (Å²) in [6.07, 6.45) is -0.180. The Bertz CT molecular complexity index is 1350. The maximum Gasteiger partial charge on any atom is 0.416 e. The summed E-state index contributed by atoms with van der Waals surface area (Å²) in [5, 5.41) is 18.3. The Morgan fingerprint density at radius 2 is 1.55 bits per heavy atom. The average molecular weight is 517 g/mol. The van der Waals surface area contributed by atoms with Gasteiger partial charge in [0.05, 0.1) is 30.8 Å². The second-order valence-electron chi connectivity index (χ2n) is 8.39. The van der Waals surface area contributed by atoms with E-state index in [1.165, 1.54) is 7.11 Å². The summed E-state index contributed by atoms with van der Waals surface area (Å²) in [5.41, 5.74) is 3.31. The lowest BCUT2D eigenvalue weighted by Gasteiger charge is -2.20. The third-order valence-electron chi connectivity index (χ3n) is 5.62. The summed E-state index contributed by atoms with van der Waals surface area (Å²) >= 11 is 0. The first kappa shape index (κ1) is 26.2. The fourth-order valence-corrected chi connectivity index (χ4v) is 3.65. The van der Waals surface area contributed by atoms with Gasteiger partial charge in [0.15, 0.2) is 0 Å². The van der Waals surface area contributed by atoms with Gasteiger partial charge in [-0.05, 0) is 61.0 Å². The first-order valence-corrected chi connectivity index (χ1v) is 11.9. The molecule has 0 fully saturated rings. The van der Waals surface area contributed by atoms with Gasteiger partial charge in [-0.3, -0.25) is 9.69 Å². The zero-order chi connectivity index (χ0) is 26.9. The third kappa shape index (κ3) is 7.10. The Hall–Kier alpha value is -4.86. The summed E-state index contributed by atoms with van der Waals surface area (Å²) in [7, 11) is 1.53. The van der Waals surface area contributed by atoms with Crippen LogP contribution in [0.3, 0.4) is 0 Å². The highest BCUT2D eigenvalue weighted by molar-refractivity contribution is 5.78. The molecule has 0 radical (unpaired) electrons. The Labute approximate surface area is 220 Å². The number of carboxylic acids is 1. The van der Waals surface area contributed by atoms with Crippen molar-refractivity contribution in [1.29, 1.82) is 0 Å². The second-order valence-corrected chi connectivity index (χ2v) is 8.39. The van der Waals surface area contributed by atoms with Crippen LogP contribution in [0.25, 0.3) is 5.69 Å². The lowest BCUT2D eigenvalue weighted by Crippen LogP contribution is -2.37. The molecule has 0 aliphatic heterocycles. The van der Waals surface area contributed by atoms with Gasteiger partial charge in [-0.2, -0.15) is 15.0 Å². The van der Waals surface area contributed by atoms with Crippen LogP contribution in [0.1, 0.15) is 17.0 Å². The minimum Gasteiger partial charge on any atom is -0.497 e. The SMILES string of the molecule is COc1ccc(OC(=O)N(CC(=O)O)Cc2ccc(OCCc3nn(-c4ccccc4)nc3C)cc2)cc1. The van der Waals surface area contributed by atoms with Crippen LogP contribution >= 0.6 is 0 Å². The van der Waals surface area contributed by atoms with Gasteiger partial charge in [0.1, 0.15) is 23.8 Å². The number of aliphatic carboxylic acids is 1. The van der Waals surface area contributed by atoms with Gasteiger partial charge < -0.3 is 19.3 Å². The predicted octanol–water partition coefficient (Wildman–Crippen LogP) is 4.29. The molecule has 38 heavy (non-hydrogen) atoms. The molecule has 1 amide bonds. The minimum atomic E-state index is -1.14. The van der Waals surface area contributed by atoms with E-state index in [-0.39, 0.29) is 12.3 Å².